The molecular formula is C17H15Cl2N3O3. The average molecular weight is 380 g/mol. The standard InChI is InChI=1S/C17H15Cl2N3O3/c18-11-3-1-5-13(7-11)21-16(23)20-9-15-10-22(17(24)25-15)14-6-2-4-12(19)8-14/h1-8,15H,9-10H2,(H2,20,21,23). The lowest BCUT2D eigenvalue weighted by atomic mass is 10.2. The molecule has 1 fully saturated rings. The van der Waals surface area contributed by atoms with Gasteiger partial charge in [0.2, 0.25) is 0 Å². The largest absolute Gasteiger partial charge is 0.442 e. The highest BCUT2D eigenvalue weighted by Gasteiger charge is 2.32. The molecule has 1 unspecified atom stereocenters. The molecule has 2 aromatic carbocycles. The number of anilines is 2. The van der Waals surface area contributed by atoms with E-state index in [9.17, 15) is 9.59 Å². The summed E-state index contributed by atoms with van der Waals surface area (Å²) in [6, 6.07) is 13.4. The number of nitrogens with zero attached hydrogens (tertiary/aromatic N) is 1. The number of rotatable bonds is 4. The minimum Gasteiger partial charge on any atom is -0.442 e. The van der Waals surface area contributed by atoms with Crippen LogP contribution in [0.4, 0.5) is 21.0 Å². The predicted octanol–water partition coefficient (Wildman–Crippen LogP) is 4.14. The summed E-state index contributed by atoms with van der Waals surface area (Å²) in [6.45, 7) is 0.520. The Bertz CT molecular complexity index is 800. The third-order valence-corrected chi connectivity index (χ3v) is 4.04. The minimum absolute atomic E-state index is 0.190. The Kier molecular flexibility index (Phi) is 5.31. The first-order valence-corrected chi connectivity index (χ1v) is 8.31. The predicted molar refractivity (Wildman–Crippen MR) is 97.5 cm³/mol. The first-order chi connectivity index (χ1) is 12.0. The van der Waals surface area contributed by atoms with Gasteiger partial charge in [-0.15, -0.1) is 0 Å². The molecule has 1 saturated heterocycles. The number of nitrogens with one attached hydrogen (secondary N) is 2. The van der Waals surface area contributed by atoms with Crippen LogP contribution in [-0.4, -0.2) is 31.3 Å². The third kappa shape index (κ3) is 4.55. The molecule has 1 aliphatic rings. The van der Waals surface area contributed by atoms with Crippen molar-refractivity contribution in [2.75, 3.05) is 23.3 Å². The number of cyclic esters (lactones) is 1. The van der Waals surface area contributed by atoms with E-state index in [-0.39, 0.29) is 6.54 Å². The van der Waals surface area contributed by atoms with Crippen LogP contribution in [0.5, 0.6) is 0 Å². The highest BCUT2D eigenvalue weighted by Crippen LogP contribution is 2.24. The summed E-state index contributed by atoms with van der Waals surface area (Å²) >= 11 is 11.8. The van der Waals surface area contributed by atoms with E-state index in [1.54, 1.807) is 48.5 Å². The van der Waals surface area contributed by atoms with Gasteiger partial charge in [0.15, 0.2) is 0 Å². The van der Waals surface area contributed by atoms with Gasteiger partial charge in [0.1, 0.15) is 6.10 Å². The lowest BCUT2D eigenvalue weighted by Crippen LogP contribution is -2.37. The Morgan fingerprint density at radius 1 is 1.16 bits per heavy atom. The van der Waals surface area contributed by atoms with Crippen LogP contribution in [0.2, 0.25) is 10.0 Å². The van der Waals surface area contributed by atoms with Crippen LogP contribution in [0.25, 0.3) is 0 Å². The number of amides is 3. The topological polar surface area (TPSA) is 70.7 Å². The first kappa shape index (κ1) is 17.4. The molecular weight excluding hydrogens is 365 g/mol. The molecule has 1 aliphatic heterocycles. The smallest absolute Gasteiger partial charge is 0.414 e. The summed E-state index contributed by atoms with van der Waals surface area (Å²) in [6.07, 6.45) is -0.916. The molecule has 3 rings (SSSR count). The Morgan fingerprint density at radius 3 is 2.60 bits per heavy atom. The Balaban J connectivity index is 1.52. The molecule has 0 saturated carbocycles. The van der Waals surface area contributed by atoms with Crippen LogP contribution < -0.4 is 15.5 Å². The second-order valence-corrected chi connectivity index (χ2v) is 6.31. The van der Waals surface area contributed by atoms with Gasteiger partial charge in [-0.3, -0.25) is 4.90 Å². The number of benzene rings is 2. The van der Waals surface area contributed by atoms with Gasteiger partial charge < -0.3 is 15.4 Å². The maximum Gasteiger partial charge on any atom is 0.414 e. The summed E-state index contributed by atoms with van der Waals surface area (Å²) in [4.78, 5) is 25.4. The maximum atomic E-state index is 12.0. The van der Waals surface area contributed by atoms with Gasteiger partial charge in [0, 0.05) is 21.4 Å². The van der Waals surface area contributed by atoms with Crippen LogP contribution in [-0.2, 0) is 4.74 Å². The lowest BCUT2D eigenvalue weighted by Gasteiger charge is -2.13. The maximum absolute atomic E-state index is 12.0. The van der Waals surface area contributed by atoms with Crippen LogP contribution >= 0.6 is 23.2 Å². The zero-order valence-electron chi connectivity index (χ0n) is 13.0. The fourth-order valence-electron chi connectivity index (χ4n) is 2.43. The number of ether oxygens (including phenoxy) is 1. The number of hydrogen-bond acceptors (Lipinski definition) is 3. The van der Waals surface area contributed by atoms with Crippen molar-refractivity contribution in [3.05, 3.63) is 58.6 Å². The normalized spacial score (nSPS) is 16.5. The highest BCUT2D eigenvalue weighted by atomic mass is 35.5. The quantitative estimate of drug-likeness (QED) is 0.838. The molecule has 8 heteroatoms. The van der Waals surface area contributed by atoms with E-state index in [1.807, 2.05) is 0 Å². The molecule has 6 nitrogen and oxygen atoms in total. The summed E-state index contributed by atoms with van der Waals surface area (Å²) in [5.74, 6) is 0. The highest BCUT2D eigenvalue weighted by molar-refractivity contribution is 6.31. The zero-order valence-corrected chi connectivity index (χ0v) is 14.6. The number of carbonyl (C=O) groups excluding carboxylic acids is 2. The van der Waals surface area contributed by atoms with E-state index < -0.39 is 18.2 Å². The molecule has 1 atom stereocenters. The van der Waals surface area contributed by atoms with E-state index in [2.05, 4.69) is 10.6 Å². The molecule has 0 bridgehead atoms. The fraction of sp³-hybridized carbons (Fsp3) is 0.176. The van der Waals surface area contributed by atoms with Crippen molar-refractivity contribution in [3.8, 4) is 0 Å². The molecule has 130 valence electrons. The van der Waals surface area contributed by atoms with Crippen LogP contribution in [0, 0.1) is 0 Å². The zero-order chi connectivity index (χ0) is 17.8. The molecule has 0 spiro atoms. The van der Waals surface area contributed by atoms with E-state index in [0.717, 1.165) is 0 Å². The molecule has 3 amide bonds. The molecule has 2 aromatic rings. The number of hydrogen-bond donors (Lipinski definition) is 2. The average Bonchev–Trinajstić information content (AvgIpc) is 2.94. The third-order valence-electron chi connectivity index (χ3n) is 3.57. The number of halogens is 2. The minimum atomic E-state index is -0.468. The van der Waals surface area contributed by atoms with E-state index in [4.69, 9.17) is 27.9 Å². The fourth-order valence-corrected chi connectivity index (χ4v) is 2.81. The number of urea groups is 1. The Labute approximate surface area is 154 Å². The Morgan fingerprint density at radius 2 is 1.88 bits per heavy atom. The second-order valence-electron chi connectivity index (χ2n) is 5.44. The van der Waals surface area contributed by atoms with Crippen molar-refractivity contribution in [3.63, 3.8) is 0 Å². The van der Waals surface area contributed by atoms with Gasteiger partial charge in [-0.25, -0.2) is 9.59 Å². The van der Waals surface area contributed by atoms with Gasteiger partial charge >= 0.3 is 12.1 Å². The van der Waals surface area contributed by atoms with E-state index >= 15 is 0 Å². The Hall–Kier alpha value is -2.44. The molecule has 2 N–H and O–H groups in total. The van der Waals surface area contributed by atoms with Crippen molar-refractivity contribution < 1.29 is 14.3 Å². The van der Waals surface area contributed by atoms with Crippen molar-refractivity contribution in [2.45, 2.75) is 6.10 Å². The molecule has 1 heterocycles. The SMILES string of the molecule is O=C(NCC1CN(c2cccc(Cl)c2)C(=O)O1)Nc1cccc(Cl)c1. The van der Waals surface area contributed by atoms with E-state index in [0.29, 0.717) is 28.0 Å². The first-order valence-electron chi connectivity index (χ1n) is 7.55. The van der Waals surface area contributed by atoms with Crippen molar-refractivity contribution in [1.29, 1.82) is 0 Å². The van der Waals surface area contributed by atoms with Gasteiger partial charge in [0.05, 0.1) is 13.1 Å². The summed E-state index contributed by atoms with van der Waals surface area (Å²) in [5.41, 5.74) is 1.23. The van der Waals surface area contributed by atoms with E-state index in [1.165, 1.54) is 4.90 Å². The monoisotopic (exact) mass is 379 g/mol. The van der Waals surface area contributed by atoms with Crippen LogP contribution in [0.15, 0.2) is 48.5 Å². The van der Waals surface area contributed by atoms with Crippen molar-refractivity contribution in [2.24, 2.45) is 0 Å². The van der Waals surface area contributed by atoms with Gasteiger partial charge in [-0.05, 0) is 36.4 Å². The lowest BCUT2D eigenvalue weighted by molar-refractivity contribution is 0.141. The second kappa shape index (κ2) is 7.63. The van der Waals surface area contributed by atoms with Crippen molar-refractivity contribution >= 4 is 46.7 Å². The summed E-state index contributed by atoms with van der Waals surface area (Å²) in [5, 5.41) is 6.40. The molecule has 0 aliphatic carbocycles. The molecule has 0 aromatic heterocycles. The van der Waals surface area contributed by atoms with Crippen LogP contribution in [0.1, 0.15) is 0 Å². The summed E-state index contributed by atoms with van der Waals surface area (Å²) < 4.78 is 5.27. The summed E-state index contributed by atoms with van der Waals surface area (Å²) in [7, 11) is 0. The molecule has 25 heavy (non-hydrogen) atoms. The number of carbonyl (C=O) groups is 2. The van der Waals surface area contributed by atoms with Gasteiger partial charge in [-0.2, -0.15) is 0 Å². The van der Waals surface area contributed by atoms with Gasteiger partial charge in [-0.1, -0.05) is 35.3 Å². The van der Waals surface area contributed by atoms with Crippen molar-refractivity contribution in [1.82, 2.24) is 5.32 Å². The molecule has 0 radical (unpaired) electrons. The van der Waals surface area contributed by atoms with Crippen LogP contribution in [0.3, 0.4) is 0 Å². The van der Waals surface area contributed by atoms with Gasteiger partial charge in [0.25, 0.3) is 0 Å².